The Labute approximate surface area is 112 Å². The van der Waals surface area contributed by atoms with Crippen LogP contribution < -0.4 is 11.5 Å². The monoisotopic (exact) mass is 273 g/mol. The first-order valence-electron chi connectivity index (χ1n) is 6.40. The Balaban J connectivity index is 3.40. The van der Waals surface area contributed by atoms with Gasteiger partial charge in [0.25, 0.3) is 0 Å². The Bertz CT molecular complexity index is 307. The highest BCUT2D eigenvalue weighted by molar-refractivity contribution is 5.73. The second-order valence-electron chi connectivity index (χ2n) is 4.40. The standard InChI is InChI=1S/C12H23N3O4/c13-9(11(16)17)5-1-3-7-15-8-4-2-6-10(14)12(18)19/h7,9-10H,1-6,8,13-14H2,(H,16,17)(H,18,19). The van der Waals surface area contributed by atoms with E-state index >= 15 is 0 Å². The minimum absolute atomic E-state index is 0.439. The Morgan fingerprint density at radius 1 is 1.00 bits per heavy atom. The summed E-state index contributed by atoms with van der Waals surface area (Å²) in [5, 5.41) is 17.1. The maximum atomic E-state index is 10.4. The molecule has 0 fully saturated rings. The highest BCUT2D eigenvalue weighted by Gasteiger charge is 2.10. The third-order valence-corrected chi connectivity index (χ3v) is 2.66. The van der Waals surface area contributed by atoms with E-state index in [0.717, 1.165) is 12.8 Å². The SMILES string of the molecule is NC(CCCC=NCCCCC(N)C(=O)O)C(=O)O. The number of nitrogens with zero attached hydrogens (tertiary/aromatic N) is 1. The van der Waals surface area contributed by atoms with Crippen molar-refractivity contribution in [3.8, 4) is 0 Å². The molecule has 0 radical (unpaired) electrons. The van der Waals surface area contributed by atoms with Crippen LogP contribution in [-0.4, -0.2) is 47.0 Å². The van der Waals surface area contributed by atoms with Crippen molar-refractivity contribution in [2.75, 3.05) is 6.54 Å². The Kier molecular flexibility index (Phi) is 9.64. The molecule has 0 spiro atoms. The van der Waals surface area contributed by atoms with Gasteiger partial charge in [0.1, 0.15) is 12.1 Å². The van der Waals surface area contributed by atoms with Gasteiger partial charge >= 0.3 is 11.9 Å². The predicted octanol–water partition coefficient (Wildman–Crippen LogP) is 0.222. The number of carbonyl (C=O) groups is 2. The van der Waals surface area contributed by atoms with E-state index in [0.29, 0.717) is 32.2 Å². The molecule has 0 amide bonds. The van der Waals surface area contributed by atoms with Crippen LogP contribution in [0.5, 0.6) is 0 Å². The molecule has 0 saturated heterocycles. The molecule has 7 heteroatoms. The van der Waals surface area contributed by atoms with Gasteiger partial charge in [-0.05, 0) is 44.7 Å². The number of hydrogen-bond donors (Lipinski definition) is 4. The minimum atomic E-state index is -0.980. The number of unbranched alkanes of at least 4 members (excludes halogenated alkanes) is 2. The van der Waals surface area contributed by atoms with Crippen LogP contribution in [0.15, 0.2) is 4.99 Å². The lowest BCUT2D eigenvalue weighted by Crippen LogP contribution is -2.29. The molecule has 0 saturated carbocycles. The number of carboxylic acids is 2. The van der Waals surface area contributed by atoms with Crippen LogP contribution >= 0.6 is 0 Å². The van der Waals surface area contributed by atoms with Gasteiger partial charge < -0.3 is 21.7 Å². The first-order chi connectivity index (χ1) is 8.95. The second kappa shape index (κ2) is 10.5. The van der Waals surface area contributed by atoms with Gasteiger partial charge in [-0.25, -0.2) is 0 Å². The summed E-state index contributed by atoms with van der Waals surface area (Å²) in [7, 11) is 0. The lowest BCUT2D eigenvalue weighted by molar-refractivity contribution is -0.139. The van der Waals surface area contributed by atoms with Gasteiger partial charge in [0.15, 0.2) is 0 Å². The summed E-state index contributed by atoms with van der Waals surface area (Å²) in [5.41, 5.74) is 10.7. The van der Waals surface area contributed by atoms with Crippen LogP contribution in [0.2, 0.25) is 0 Å². The molecule has 0 aliphatic rings. The number of hydrogen-bond acceptors (Lipinski definition) is 5. The Morgan fingerprint density at radius 3 is 2.05 bits per heavy atom. The fourth-order valence-electron chi connectivity index (χ4n) is 1.43. The van der Waals surface area contributed by atoms with Crippen LogP contribution in [0.3, 0.4) is 0 Å². The van der Waals surface area contributed by atoms with E-state index in [1.807, 2.05) is 0 Å². The fraction of sp³-hybridized carbons (Fsp3) is 0.750. The molecule has 0 aliphatic carbocycles. The predicted molar refractivity (Wildman–Crippen MR) is 72.3 cm³/mol. The Morgan fingerprint density at radius 2 is 1.53 bits per heavy atom. The number of aliphatic imine (C=N–C) groups is 1. The van der Waals surface area contributed by atoms with Gasteiger partial charge in [0, 0.05) is 6.54 Å². The summed E-state index contributed by atoms with van der Waals surface area (Å²) < 4.78 is 0. The number of aliphatic carboxylic acids is 2. The van der Waals surface area contributed by atoms with Crippen molar-refractivity contribution >= 4 is 18.2 Å². The van der Waals surface area contributed by atoms with Gasteiger partial charge in [0.2, 0.25) is 0 Å². The normalized spacial score (nSPS) is 14.4. The Hall–Kier alpha value is -1.47. The van der Waals surface area contributed by atoms with Crippen molar-refractivity contribution in [3.05, 3.63) is 0 Å². The van der Waals surface area contributed by atoms with E-state index in [4.69, 9.17) is 21.7 Å². The largest absolute Gasteiger partial charge is 0.480 e. The van der Waals surface area contributed by atoms with E-state index < -0.39 is 24.0 Å². The summed E-state index contributed by atoms with van der Waals surface area (Å²) in [6, 6.07) is -1.59. The summed E-state index contributed by atoms with van der Waals surface area (Å²) >= 11 is 0. The maximum Gasteiger partial charge on any atom is 0.320 e. The maximum absolute atomic E-state index is 10.4. The molecule has 0 aliphatic heterocycles. The third kappa shape index (κ3) is 10.2. The fourth-order valence-corrected chi connectivity index (χ4v) is 1.43. The van der Waals surface area contributed by atoms with Crippen LogP contribution in [0, 0.1) is 0 Å². The molecule has 0 bridgehead atoms. The van der Waals surface area contributed by atoms with E-state index in [1.54, 1.807) is 6.21 Å². The molecule has 110 valence electrons. The molecule has 6 N–H and O–H groups in total. The number of nitrogens with two attached hydrogens (primary N) is 2. The van der Waals surface area contributed by atoms with Gasteiger partial charge in [-0.1, -0.05) is 0 Å². The smallest absolute Gasteiger partial charge is 0.320 e. The lowest BCUT2D eigenvalue weighted by atomic mass is 10.1. The lowest BCUT2D eigenvalue weighted by Gasteiger charge is -2.04. The van der Waals surface area contributed by atoms with Crippen molar-refractivity contribution < 1.29 is 19.8 Å². The van der Waals surface area contributed by atoms with Crippen LogP contribution in [0.4, 0.5) is 0 Å². The van der Waals surface area contributed by atoms with Crippen molar-refractivity contribution in [1.82, 2.24) is 0 Å². The van der Waals surface area contributed by atoms with Gasteiger partial charge in [-0.3, -0.25) is 14.6 Å². The first kappa shape index (κ1) is 17.5. The molecule has 0 aromatic rings. The topological polar surface area (TPSA) is 139 Å². The first-order valence-corrected chi connectivity index (χ1v) is 6.40. The molecule has 2 unspecified atom stereocenters. The summed E-state index contributed by atoms with van der Waals surface area (Å²) in [6.45, 7) is 0.636. The average molecular weight is 273 g/mol. The molecular weight excluding hydrogens is 250 g/mol. The molecule has 0 rings (SSSR count). The molecule has 0 aromatic carbocycles. The van der Waals surface area contributed by atoms with Gasteiger partial charge in [-0.15, -0.1) is 0 Å². The van der Waals surface area contributed by atoms with Crippen molar-refractivity contribution in [3.63, 3.8) is 0 Å². The molecular formula is C12H23N3O4. The van der Waals surface area contributed by atoms with E-state index in [1.165, 1.54) is 0 Å². The van der Waals surface area contributed by atoms with Crippen LogP contribution in [0.1, 0.15) is 38.5 Å². The molecule has 0 heterocycles. The quantitative estimate of drug-likeness (QED) is 0.314. The van der Waals surface area contributed by atoms with Crippen molar-refractivity contribution in [2.45, 2.75) is 50.6 Å². The summed E-state index contributed by atoms with van der Waals surface area (Å²) in [5.74, 6) is -1.95. The summed E-state index contributed by atoms with van der Waals surface area (Å²) in [6.07, 6.45) is 5.58. The van der Waals surface area contributed by atoms with Crippen molar-refractivity contribution in [2.24, 2.45) is 16.5 Å². The zero-order valence-electron chi connectivity index (χ0n) is 11.0. The molecule has 2 atom stereocenters. The summed E-state index contributed by atoms with van der Waals surface area (Å²) in [4.78, 5) is 25.0. The highest BCUT2D eigenvalue weighted by Crippen LogP contribution is 2.00. The van der Waals surface area contributed by atoms with Gasteiger partial charge in [-0.2, -0.15) is 0 Å². The number of carboxylic acid groups (broad SMARTS) is 2. The van der Waals surface area contributed by atoms with Crippen molar-refractivity contribution in [1.29, 1.82) is 0 Å². The zero-order valence-corrected chi connectivity index (χ0v) is 11.0. The molecule has 0 aromatic heterocycles. The van der Waals surface area contributed by atoms with Crippen LogP contribution in [-0.2, 0) is 9.59 Å². The van der Waals surface area contributed by atoms with E-state index in [-0.39, 0.29) is 0 Å². The number of rotatable bonds is 11. The molecule has 19 heavy (non-hydrogen) atoms. The van der Waals surface area contributed by atoms with E-state index in [2.05, 4.69) is 4.99 Å². The van der Waals surface area contributed by atoms with Crippen LogP contribution in [0.25, 0.3) is 0 Å². The highest BCUT2D eigenvalue weighted by atomic mass is 16.4. The van der Waals surface area contributed by atoms with E-state index in [9.17, 15) is 9.59 Å². The molecule has 7 nitrogen and oxygen atoms in total. The minimum Gasteiger partial charge on any atom is -0.480 e. The average Bonchev–Trinajstić information content (AvgIpc) is 2.35. The zero-order chi connectivity index (χ0) is 14.7. The third-order valence-electron chi connectivity index (χ3n) is 2.66. The second-order valence-corrected chi connectivity index (χ2v) is 4.40. The van der Waals surface area contributed by atoms with Gasteiger partial charge in [0.05, 0.1) is 0 Å².